The molecular weight excluding hydrogens is 178 g/mol. The lowest BCUT2D eigenvalue weighted by molar-refractivity contribution is 0.651. The second kappa shape index (κ2) is 3.55. The third kappa shape index (κ3) is 1.49. The zero-order valence-corrected chi connectivity index (χ0v) is 7.83. The lowest BCUT2D eigenvalue weighted by Gasteiger charge is -2.09. The first-order valence-electron chi connectivity index (χ1n) is 4.29. The van der Waals surface area contributed by atoms with Crippen molar-refractivity contribution < 1.29 is 0 Å². The molecule has 0 aromatic carbocycles. The van der Waals surface area contributed by atoms with E-state index in [0.717, 1.165) is 5.69 Å². The van der Waals surface area contributed by atoms with Gasteiger partial charge >= 0.3 is 0 Å². The van der Waals surface area contributed by atoms with Gasteiger partial charge in [-0.05, 0) is 12.1 Å². The standard InChI is InChI=1S/C9H11N5/c1-14-7(3-6-13-14)8(10)9-11-4-2-5-12-9/h2-6,8H,10H2,1H3. The van der Waals surface area contributed by atoms with Gasteiger partial charge in [-0.3, -0.25) is 4.68 Å². The maximum absolute atomic E-state index is 5.98. The van der Waals surface area contributed by atoms with E-state index in [1.165, 1.54) is 0 Å². The molecule has 72 valence electrons. The van der Waals surface area contributed by atoms with Gasteiger partial charge in [-0.25, -0.2) is 9.97 Å². The minimum Gasteiger partial charge on any atom is -0.316 e. The van der Waals surface area contributed by atoms with Crippen LogP contribution in [0.3, 0.4) is 0 Å². The van der Waals surface area contributed by atoms with Crippen LogP contribution in [0.4, 0.5) is 0 Å². The topological polar surface area (TPSA) is 69.6 Å². The van der Waals surface area contributed by atoms with Crippen LogP contribution in [0, 0.1) is 0 Å². The molecule has 0 bridgehead atoms. The van der Waals surface area contributed by atoms with Gasteiger partial charge in [-0.2, -0.15) is 5.10 Å². The zero-order valence-electron chi connectivity index (χ0n) is 7.83. The van der Waals surface area contributed by atoms with Crippen molar-refractivity contribution in [2.75, 3.05) is 0 Å². The SMILES string of the molecule is Cn1nccc1C(N)c1ncccn1. The molecule has 0 saturated carbocycles. The fourth-order valence-electron chi connectivity index (χ4n) is 1.29. The summed E-state index contributed by atoms with van der Waals surface area (Å²) in [5, 5.41) is 4.04. The Balaban J connectivity index is 2.34. The van der Waals surface area contributed by atoms with Gasteiger partial charge in [0.1, 0.15) is 6.04 Å². The number of nitrogens with two attached hydrogens (primary N) is 1. The molecule has 2 N–H and O–H groups in total. The maximum Gasteiger partial charge on any atom is 0.150 e. The first-order valence-corrected chi connectivity index (χ1v) is 4.29. The number of rotatable bonds is 2. The Morgan fingerprint density at radius 2 is 2.00 bits per heavy atom. The van der Waals surface area contributed by atoms with E-state index in [2.05, 4.69) is 15.1 Å². The summed E-state index contributed by atoms with van der Waals surface area (Å²) in [7, 11) is 1.85. The Bertz CT molecular complexity index is 408. The normalized spacial score (nSPS) is 12.7. The Hall–Kier alpha value is -1.75. The monoisotopic (exact) mass is 189 g/mol. The number of aromatic nitrogens is 4. The van der Waals surface area contributed by atoms with Gasteiger partial charge in [0.05, 0.1) is 5.69 Å². The first-order chi connectivity index (χ1) is 6.79. The van der Waals surface area contributed by atoms with Crippen molar-refractivity contribution in [3.63, 3.8) is 0 Å². The minimum atomic E-state index is -0.316. The van der Waals surface area contributed by atoms with E-state index in [1.54, 1.807) is 29.3 Å². The van der Waals surface area contributed by atoms with Crippen LogP contribution < -0.4 is 5.73 Å². The van der Waals surface area contributed by atoms with Gasteiger partial charge in [-0.1, -0.05) is 0 Å². The average molecular weight is 189 g/mol. The molecule has 2 aromatic heterocycles. The van der Waals surface area contributed by atoms with Crippen LogP contribution in [0.25, 0.3) is 0 Å². The van der Waals surface area contributed by atoms with E-state index >= 15 is 0 Å². The average Bonchev–Trinajstić information content (AvgIpc) is 2.65. The van der Waals surface area contributed by atoms with Crippen molar-refractivity contribution in [1.29, 1.82) is 0 Å². The summed E-state index contributed by atoms with van der Waals surface area (Å²) in [5.74, 6) is 0.608. The number of aryl methyl sites for hydroxylation is 1. The second-order valence-corrected chi connectivity index (χ2v) is 2.96. The van der Waals surface area contributed by atoms with E-state index in [9.17, 15) is 0 Å². The highest BCUT2D eigenvalue weighted by atomic mass is 15.3. The van der Waals surface area contributed by atoms with Gasteiger partial charge in [0.25, 0.3) is 0 Å². The second-order valence-electron chi connectivity index (χ2n) is 2.96. The largest absolute Gasteiger partial charge is 0.316 e. The lowest BCUT2D eigenvalue weighted by atomic mass is 10.2. The molecular formula is C9H11N5. The van der Waals surface area contributed by atoms with Crippen molar-refractivity contribution in [3.8, 4) is 0 Å². The highest BCUT2D eigenvalue weighted by Crippen LogP contribution is 2.13. The third-order valence-corrected chi connectivity index (χ3v) is 2.04. The molecule has 0 saturated heterocycles. The van der Waals surface area contributed by atoms with Crippen LogP contribution in [0.15, 0.2) is 30.7 Å². The highest BCUT2D eigenvalue weighted by Gasteiger charge is 2.14. The first kappa shape index (κ1) is 8.83. The number of hydrogen-bond donors (Lipinski definition) is 1. The summed E-state index contributed by atoms with van der Waals surface area (Å²) >= 11 is 0. The summed E-state index contributed by atoms with van der Waals surface area (Å²) in [5.41, 5.74) is 6.88. The van der Waals surface area contributed by atoms with Crippen LogP contribution in [-0.2, 0) is 7.05 Å². The van der Waals surface area contributed by atoms with Crippen molar-refractivity contribution in [1.82, 2.24) is 19.7 Å². The molecule has 0 radical (unpaired) electrons. The fraction of sp³-hybridized carbons (Fsp3) is 0.222. The molecule has 1 atom stereocenters. The minimum absolute atomic E-state index is 0.316. The van der Waals surface area contributed by atoms with Crippen LogP contribution in [-0.4, -0.2) is 19.7 Å². The molecule has 2 heterocycles. The summed E-state index contributed by atoms with van der Waals surface area (Å²) in [4.78, 5) is 8.20. The van der Waals surface area contributed by atoms with Crippen molar-refractivity contribution in [2.24, 2.45) is 12.8 Å². The van der Waals surface area contributed by atoms with Crippen LogP contribution >= 0.6 is 0 Å². The van der Waals surface area contributed by atoms with Crippen molar-refractivity contribution in [3.05, 3.63) is 42.2 Å². The smallest absolute Gasteiger partial charge is 0.150 e. The summed E-state index contributed by atoms with van der Waals surface area (Å²) in [6, 6.07) is 3.31. The molecule has 5 heteroatoms. The van der Waals surface area contributed by atoms with E-state index in [0.29, 0.717) is 5.82 Å². The molecule has 2 aromatic rings. The predicted molar refractivity (Wildman–Crippen MR) is 51.3 cm³/mol. The van der Waals surface area contributed by atoms with Crippen molar-refractivity contribution >= 4 is 0 Å². The van der Waals surface area contributed by atoms with E-state index in [-0.39, 0.29) is 6.04 Å². The van der Waals surface area contributed by atoms with Gasteiger partial charge in [0, 0.05) is 25.6 Å². The quantitative estimate of drug-likeness (QED) is 0.735. The van der Waals surface area contributed by atoms with E-state index in [4.69, 9.17) is 5.73 Å². The maximum atomic E-state index is 5.98. The zero-order chi connectivity index (χ0) is 9.97. The van der Waals surface area contributed by atoms with Crippen LogP contribution in [0.2, 0.25) is 0 Å². The Morgan fingerprint density at radius 3 is 2.57 bits per heavy atom. The molecule has 1 unspecified atom stereocenters. The lowest BCUT2D eigenvalue weighted by Crippen LogP contribution is -2.18. The highest BCUT2D eigenvalue weighted by molar-refractivity contribution is 5.15. The van der Waals surface area contributed by atoms with E-state index < -0.39 is 0 Å². The molecule has 0 spiro atoms. The third-order valence-electron chi connectivity index (χ3n) is 2.04. The Labute approximate surface area is 81.6 Å². The summed E-state index contributed by atoms with van der Waals surface area (Å²) in [6.07, 6.45) is 5.06. The molecule has 0 aliphatic rings. The van der Waals surface area contributed by atoms with Gasteiger partial charge < -0.3 is 5.73 Å². The van der Waals surface area contributed by atoms with Gasteiger partial charge in [-0.15, -0.1) is 0 Å². The molecule has 0 amide bonds. The summed E-state index contributed by atoms with van der Waals surface area (Å²) < 4.78 is 1.72. The van der Waals surface area contributed by atoms with E-state index in [1.807, 2.05) is 13.1 Å². The fourth-order valence-corrected chi connectivity index (χ4v) is 1.29. The van der Waals surface area contributed by atoms with Crippen LogP contribution in [0.5, 0.6) is 0 Å². The summed E-state index contributed by atoms with van der Waals surface area (Å²) in [6.45, 7) is 0. The number of nitrogens with zero attached hydrogens (tertiary/aromatic N) is 4. The molecule has 14 heavy (non-hydrogen) atoms. The van der Waals surface area contributed by atoms with Crippen molar-refractivity contribution in [2.45, 2.75) is 6.04 Å². The van der Waals surface area contributed by atoms with Gasteiger partial charge in [0.2, 0.25) is 0 Å². The molecule has 0 aliphatic carbocycles. The van der Waals surface area contributed by atoms with Gasteiger partial charge in [0.15, 0.2) is 5.82 Å². The molecule has 5 nitrogen and oxygen atoms in total. The predicted octanol–water partition coefficient (Wildman–Crippen LogP) is 0.258. The van der Waals surface area contributed by atoms with Crippen LogP contribution in [0.1, 0.15) is 17.6 Å². The molecule has 2 rings (SSSR count). The Morgan fingerprint density at radius 1 is 1.29 bits per heavy atom. The number of hydrogen-bond acceptors (Lipinski definition) is 4. The molecule has 0 aliphatic heterocycles. The Kier molecular flexibility index (Phi) is 2.24. The molecule has 0 fully saturated rings.